The number of carboxylic acid groups (broad SMARTS) is 1. The third-order valence-electron chi connectivity index (χ3n) is 4.09. The summed E-state index contributed by atoms with van der Waals surface area (Å²) in [5, 5.41) is 9.59. The number of likely N-dealkylation sites (tertiary alicyclic amines) is 1. The van der Waals surface area contributed by atoms with E-state index >= 15 is 0 Å². The number of aliphatic carboxylic acids is 1. The number of rotatable bonds is 2. The summed E-state index contributed by atoms with van der Waals surface area (Å²) in [6, 6.07) is 5.30. The molecule has 1 aromatic rings. The van der Waals surface area contributed by atoms with Gasteiger partial charge in [0.1, 0.15) is 12.4 Å². The Morgan fingerprint density at radius 2 is 2.00 bits per heavy atom. The molecule has 0 aliphatic carbocycles. The Balaban J connectivity index is 1.72. The SMILES string of the molecule is O=C(O)C1CCN(C(=O)C2=Cc3cc(Cl)ccc3OC2)CC1. The molecule has 0 bridgehead atoms. The molecule has 1 N–H and O–H groups in total. The van der Waals surface area contributed by atoms with Crippen LogP contribution in [0, 0.1) is 5.92 Å². The molecule has 1 aromatic carbocycles. The van der Waals surface area contributed by atoms with Gasteiger partial charge in [-0.3, -0.25) is 9.59 Å². The van der Waals surface area contributed by atoms with Crippen LogP contribution >= 0.6 is 11.6 Å². The fourth-order valence-corrected chi connectivity index (χ4v) is 2.99. The monoisotopic (exact) mass is 321 g/mol. The first-order valence-electron chi connectivity index (χ1n) is 7.19. The van der Waals surface area contributed by atoms with Crippen LogP contribution in [0.2, 0.25) is 5.02 Å². The third-order valence-corrected chi connectivity index (χ3v) is 4.33. The zero-order valence-corrected chi connectivity index (χ0v) is 12.7. The average molecular weight is 322 g/mol. The summed E-state index contributed by atoms with van der Waals surface area (Å²) in [5.74, 6) is -0.504. The second kappa shape index (κ2) is 6.01. The van der Waals surface area contributed by atoms with Gasteiger partial charge in [0.15, 0.2) is 0 Å². The van der Waals surface area contributed by atoms with Gasteiger partial charge in [0.2, 0.25) is 0 Å². The minimum absolute atomic E-state index is 0.0885. The molecular weight excluding hydrogens is 306 g/mol. The molecule has 0 saturated carbocycles. The summed E-state index contributed by atoms with van der Waals surface area (Å²) in [7, 11) is 0. The maximum absolute atomic E-state index is 12.5. The number of piperidine rings is 1. The minimum Gasteiger partial charge on any atom is -0.488 e. The van der Waals surface area contributed by atoms with Crippen molar-refractivity contribution in [3.05, 3.63) is 34.4 Å². The van der Waals surface area contributed by atoms with Gasteiger partial charge in [-0.2, -0.15) is 0 Å². The van der Waals surface area contributed by atoms with Crippen molar-refractivity contribution in [2.45, 2.75) is 12.8 Å². The number of benzene rings is 1. The van der Waals surface area contributed by atoms with Crippen LogP contribution in [-0.2, 0) is 9.59 Å². The molecular formula is C16H16ClNO4. The summed E-state index contributed by atoms with van der Waals surface area (Å²) in [5.41, 5.74) is 1.37. The summed E-state index contributed by atoms with van der Waals surface area (Å²) < 4.78 is 5.59. The van der Waals surface area contributed by atoms with Crippen LogP contribution in [0.15, 0.2) is 23.8 Å². The lowest BCUT2D eigenvalue weighted by molar-refractivity contribution is -0.145. The number of carboxylic acids is 1. The predicted molar refractivity (Wildman–Crippen MR) is 81.9 cm³/mol. The van der Waals surface area contributed by atoms with Crippen LogP contribution in [0.5, 0.6) is 5.75 Å². The van der Waals surface area contributed by atoms with E-state index in [9.17, 15) is 9.59 Å². The number of nitrogens with zero attached hydrogens (tertiary/aromatic N) is 1. The van der Waals surface area contributed by atoms with Crippen molar-refractivity contribution in [2.75, 3.05) is 19.7 Å². The number of fused-ring (bicyclic) bond motifs is 1. The van der Waals surface area contributed by atoms with Crippen molar-refractivity contribution in [3.8, 4) is 5.75 Å². The third kappa shape index (κ3) is 2.95. The molecule has 0 radical (unpaired) electrons. The van der Waals surface area contributed by atoms with Crippen LogP contribution in [0.1, 0.15) is 18.4 Å². The van der Waals surface area contributed by atoms with Gasteiger partial charge < -0.3 is 14.7 Å². The van der Waals surface area contributed by atoms with Crippen molar-refractivity contribution >= 4 is 29.6 Å². The first-order chi connectivity index (χ1) is 10.5. The van der Waals surface area contributed by atoms with Crippen molar-refractivity contribution in [1.29, 1.82) is 0 Å². The zero-order valence-electron chi connectivity index (χ0n) is 11.9. The number of ether oxygens (including phenoxy) is 1. The lowest BCUT2D eigenvalue weighted by Crippen LogP contribution is -2.41. The Kier molecular flexibility index (Phi) is 4.07. The number of hydrogen-bond acceptors (Lipinski definition) is 3. The van der Waals surface area contributed by atoms with E-state index in [1.807, 2.05) is 0 Å². The highest BCUT2D eigenvalue weighted by atomic mass is 35.5. The van der Waals surface area contributed by atoms with E-state index in [1.54, 1.807) is 29.2 Å². The van der Waals surface area contributed by atoms with E-state index < -0.39 is 5.97 Å². The molecule has 0 spiro atoms. The number of halogens is 1. The number of carbonyl (C=O) groups is 2. The topological polar surface area (TPSA) is 66.8 Å². The van der Waals surface area contributed by atoms with Crippen molar-refractivity contribution in [1.82, 2.24) is 4.90 Å². The van der Waals surface area contributed by atoms with E-state index in [-0.39, 0.29) is 18.4 Å². The Labute approximate surface area is 133 Å². The Morgan fingerprint density at radius 3 is 2.68 bits per heavy atom. The largest absolute Gasteiger partial charge is 0.488 e. The maximum Gasteiger partial charge on any atom is 0.306 e. The highest BCUT2D eigenvalue weighted by Crippen LogP contribution is 2.30. The van der Waals surface area contributed by atoms with Crippen LogP contribution in [0.3, 0.4) is 0 Å². The van der Waals surface area contributed by atoms with Crippen LogP contribution < -0.4 is 4.74 Å². The average Bonchev–Trinajstić information content (AvgIpc) is 2.53. The molecule has 2 heterocycles. The molecule has 22 heavy (non-hydrogen) atoms. The van der Waals surface area contributed by atoms with Gasteiger partial charge >= 0.3 is 5.97 Å². The molecule has 1 fully saturated rings. The molecule has 6 heteroatoms. The van der Waals surface area contributed by atoms with Gasteiger partial charge in [0, 0.05) is 23.7 Å². The molecule has 5 nitrogen and oxygen atoms in total. The Morgan fingerprint density at radius 1 is 1.27 bits per heavy atom. The second-order valence-electron chi connectivity index (χ2n) is 5.55. The molecule has 0 unspecified atom stereocenters. The van der Waals surface area contributed by atoms with Gasteiger partial charge in [-0.15, -0.1) is 0 Å². The quantitative estimate of drug-likeness (QED) is 0.908. The standard InChI is InChI=1S/C16H16ClNO4/c17-13-1-2-14-11(8-13)7-12(9-22-14)15(19)18-5-3-10(4-6-18)16(20)21/h1-2,7-8,10H,3-6,9H2,(H,20,21). The molecule has 1 amide bonds. The van der Waals surface area contributed by atoms with Crippen LogP contribution in [-0.4, -0.2) is 41.6 Å². The lowest BCUT2D eigenvalue weighted by atomic mass is 9.96. The lowest BCUT2D eigenvalue weighted by Gasteiger charge is -2.31. The van der Waals surface area contributed by atoms with Gasteiger partial charge in [0.25, 0.3) is 5.91 Å². The van der Waals surface area contributed by atoms with Gasteiger partial charge in [-0.1, -0.05) is 11.6 Å². The zero-order chi connectivity index (χ0) is 15.7. The first kappa shape index (κ1) is 14.9. The molecule has 2 aliphatic rings. The number of hydrogen-bond donors (Lipinski definition) is 1. The van der Waals surface area contributed by atoms with E-state index in [1.165, 1.54) is 0 Å². The van der Waals surface area contributed by atoms with E-state index in [0.717, 1.165) is 5.56 Å². The van der Waals surface area contributed by atoms with Crippen molar-refractivity contribution in [3.63, 3.8) is 0 Å². The van der Waals surface area contributed by atoms with E-state index in [4.69, 9.17) is 21.4 Å². The van der Waals surface area contributed by atoms with Crippen LogP contribution in [0.4, 0.5) is 0 Å². The Bertz CT molecular complexity index is 648. The van der Waals surface area contributed by atoms with E-state index in [2.05, 4.69) is 0 Å². The fourth-order valence-electron chi connectivity index (χ4n) is 2.80. The van der Waals surface area contributed by atoms with Gasteiger partial charge in [-0.25, -0.2) is 0 Å². The summed E-state index contributed by atoms with van der Waals surface area (Å²) in [4.78, 5) is 25.2. The Hall–Kier alpha value is -2.01. The second-order valence-corrected chi connectivity index (χ2v) is 5.98. The molecule has 3 rings (SSSR count). The van der Waals surface area contributed by atoms with Gasteiger partial charge in [0.05, 0.1) is 11.5 Å². The molecule has 0 aromatic heterocycles. The molecule has 0 atom stereocenters. The summed E-state index contributed by atoms with van der Waals surface area (Å²) in [6.45, 7) is 1.16. The maximum atomic E-state index is 12.5. The predicted octanol–water partition coefficient (Wildman–Crippen LogP) is 2.44. The smallest absolute Gasteiger partial charge is 0.306 e. The van der Waals surface area contributed by atoms with Gasteiger partial charge in [-0.05, 0) is 37.1 Å². The summed E-state index contributed by atoms with van der Waals surface area (Å²) in [6.07, 6.45) is 2.80. The normalized spacial score (nSPS) is 18.2. The molecule has 1 saturated heterocycles. The number of carbonyl (C=O) groups excluding carboxylic acids is 1. The minimum atomic E-state index is -0.782. The number of amides is 1. The highest BCUT2D eigenvalue weighted by Gasteiger charge is 2.29. The van der Waals surface area contributed by atoms with Crippen LogP contribution in [0.25, 0.3) is 6.08 Å². The highest BCUT2D eigenvalue weighted by molar-refractivity contribution is 6.30. The fraction of sp³-hybridized carbons (Fsp3) is 0.375. The molecule has 2 aliphatic heterocycles. The molecule has 116 valence electrons. The van der Waals surface area contributed by atoms with Crippen molar-refractivity contribution in [2.24, 2.45) is 5.92 Å². The summed E-state index contributed by atoms with van der Waals surface area (Å²) >= 11 is 5.96. The van der Waals surface area contributed by atoms with E-state index in [0.29, 0.717) is 42.3 Å². The van der Waals surface area contributed by atoms with Crippen molar-refractivity contribution < 1.29 is 19.4 Å². The first-order valence-corrected chi connectivity index (χ1v) is 7.57.